The molecule has 2 heterocycles. The topological polar surface area (TPSA) is 61.3 Å². The molecule has 1 aromatic rings. The van der Waals surface area contributed by atoms with Crippen molar-refractivity contribution in [3.8, 4) is 0 Å². The maximum absolute atomic E-state index is 11.4. The van der Waals surface area contributed by atoms with Crippen molar-refractivity contribution in [2.75, 3.05) is 13.2 Å². The van der Waals surface area contributed by atoms with E-state index < -0.39 is 6.10 Å². The van der Waals surface area contributed by atoms with Crippen LogP contribution in [0.1, 0.15) is 18.5 Å². The van der Waals surface area contributed by atoms with Crippen LogP contribution in [0.5, 0.6) is 0 Å². The van der Waals surface area contributed by atoms with Crippen molar-refractivity contribution in [1.29, 1.82) is 0 Å². The summed E-state index contributed by atoms with van der Waals surface area (Å²) in [7, 11) is 0. The number of hydrogen-bond donors (Lipinski definition) is 0. The van der Waals surface area contributed by atoms with E-state index in [4.69, 9.17) is 9.47 Å². The van der Waals surface area contributed by atoms with Crippen LogP contribution >= 0.6 is 0 Å². The molecule has 0 N–H and O–H groups in total. The van der Waals surface area contributed by atoms with Crippen molar-refractivity contribution in [3.63, 3.8) is 0 Å². The number of ether oxygens (including phenoxy) is 2. The van der Waals surface area contributed by atoms with Crippen molar-refractivity contribution in [2.45, 2.75) is 18.9 Å². The molecule has 15 heavy (non-hydrogen) atoms. The number of aromatic nitrogens is 2. The quantitative estimate of drug-likeness (QED) is 0.678. The highest BCUT2D eigenvalue weighted by molar-refractivity contribution is 5.77. The highest BCUT2D eigenvalue weighted by atomic mass is 16.6. The molecule has 1 saturated heterocycles. The van der Waals surface area contributed by atoms with Gasteiger partial charge in [-0.3, -0.25) is 9.97 Å². The van der Waals surface area contributed by atoms with Gasteiger partial charge in [-0.05, 0) is 6.92 Å². The van der Waals surface area contributed by atoms with E-state index in [0.717, 1.165) is 5.69 Å². The van der Waals surface area contributed by atoms with E-state index >= 15 is 0 Å². The summed E-state index contributed by atoms with van der Waals surface area (Å²) in [5.74, 6) is -0.336. The first-order valence-corrected chi connectivity index (χ1v) is 4.87. The van der Waals surface area contributed by atoms with Gasteiger partial charge in [-0.15, -0.1) is 0 Å². The summed E-state index contributed by atoms with van der Waals surface area (Å²) in [5.41, 5.74) is 0.779. The predicted molar refractivity (Wildman–Crippen MR) is 51.1 cm³/mol. The zero-order chi connectivity index (χ0) is 10.7. The Morgan fingerprint density at radius 1 is 1.67 bits per heavy atom. The van der Waals surface area contributed by atoms with Gasteiger partial charge in [0.05, 0.1) is 24.8 Å². The molecule has 2 atom stereocenters. The zero-order valence-corrected chi connectivity index (χ0v) is 8.42. The lowest BCUT2D eigenvalue weighted by atomic mass is 9.94. The second kappa shape index (κ2) is 4.35. The fourth-order valence-electron chi connectivity index (χ4n) is 1.49. The minimum absolute atomic E-state index is 0.0160. The van der Waals surface area contributed by atoms with Crippen LogP contribution in [0, 0.1) is 0 Å². The number of carbonyl (C=O) groups excluding carboxylic acids is 1. The van der Waals surface area contributed by atoms with Crippen LogP contribution in [0.3, 0.4) is 0 Å². The molecule has 1 aliphatic heterocycles. The third-order valence-electron chi connectivity index (χ3n) is 2.30. The van der Waals surface area contributed by atoms with Gasteiger partial charge < -0.3 is 9.47 Å². The molecule has 5 heteroatoms. The van der Waals surface area contributed by atoms with Crippen molar-refractivity contribution >= 4 is 5.97 Å². The summed E-state index contributed by atoms with van der Waals surface area (Å²) in [6.07, 6.45) is 4.35. The molecule has 0 amide bonds. The first-order chi connectivity index (χ1) is 7.33. The monoisotopic (exact) mass is 208 g/mol. The van der Waals surface area contributed by atoms with E-state index in [1.54, 1.807) is 25.5 Å². The van der Waals surface area contributed by atoms with Crippen LogP contribution in [0.2, 0.25) is 0 Å². The fourth-order valence-corrected chi connectivity index (χ4v) is 1.49. The third-order valence-corrected chi connectivity index (χ3v) is 2.30. The third kappa shape index (κ3) is 1.97. The van der Waals surface area contributed by atoms with E-state index in [-0.39, 0.29) is 11.9 Å². The number of esters is 1. The Hall–Kier alpha value is -1.49. The Morgan fingerprint density at radius 2 is 2.53 bits per heavy atom. The van der Waals surface area contributed by atoms with Crippen molar-refractivity contribution in [3.05, 3.63) is 24.3 Å². The van der Waals surface area contributed by atoms with Gasteiger partial charge in [-0.1, -0.05) is 0 Å². The molecule has 0 spiro atoms. The van der Waals surface area contributed by atoms with Crippen molar-refractivity contribution < 1.29 is 14.3 Å². The molecule has 1 fully saturated rings. The molecule has 0 aliphatic carbocycles. The molecular formula is C10H12N2O3. The lowest BCUT2D eigenvalue weighted by Gasteiger charge is -2.33. The van der Waals surface area contributed by atoms with E-state index in [0.29, 0.717) is 13.2 Å². The SMILES string of the molecule is CCOC(=O)C1OCC1c1cnccn1. The number of nitrogens with zero attached hydrogens (tertiary/aromatic N) is 2. The highest BCUT2D eigenvalue weighted by Crippen LogP contribution is 2.30. The maximum atomic E-state index is 11.4. The zero-order valence-electron chi connectivity index (χ0n) is 8.42. The second-order valence-electron chi connectivity index (χ2n) is 3.24. The molecule has 1 aliphatic rings. The molecule has 2 rings (SSSR count). The van der Waals surface area contributed by atoms with E-state index in [1.165, 1.54) is 0 Å². The molecule has 80 valence electrons. The van der Waals surface area contributed by atoms with E-state index in [1.807, 2.05) is 0 Å². The van der Waals surface area contributed by atoms with Gasteiger partial charge >= 0.3 is 5.97 Å². The summed E-state index contributed by atoms with van der Waals surface area (Å²) in [5, 5.41) is 0. The summed E-state index contributed by atoms with van der Waals surface area (Å²) < 4.78 is 10.1. The Morgan fingerprint density at radius 3 is 3.07 bits per heavy atom. The van der Waals surface area contributed by atoms with Crippen LogP contribution < -0.4 is 0 Å². The average Bonchev–Trinajstić information content (AvgIpc) is 2.18. The summed E-state index contributed by atoms with van der Waals surface area (Å²) >= 11 is 0. The lowest BCUT2D eigenvalue weighted by molar-refractivity contribution is -0.174. The van der Waals surface area contributed by atoms with Gasteiger partial charge in [-0.2, -0.15) is 0 Å². The minimum atomic E-state index is -0.512. The lowest BCUT2D eigenvalue weighted by Crippen LogP contribution is -2.45. The highest BCUT2D eigenvalue weighted by Gasteiger charge is 2.41. The molecule has 0 bridgehead atoms. The summed E-state index contributed by atoms with van der Waals surface area (Å²) in [4.78, 5) is 19.5. The van der Waals surface area contributed by atoms with Gasteiger partial charge in [0.25, 0.3) is 0 Å². The normalized spacial score (nSPS) is 24.3. The Kier molecular flexibility index (Phi) is 2.91. The second-order valence-corrected chi connectivity index (χ2v) is 3.24. The number of carbonyl (C=O) groups is 1. The smallest absolute Gasteiger partial charge is 0.336 e. The molecular weight excluding hydrogens is 196 g/mol. The van der Waals surface area contributed by atoms with Gasteiger partial charge in [0.2, 0.25) is 0 Å². The maximum Gasteiger partial charge on any atom is 0.336 e. The average molecular weight is 208 g/mol. The number of hydrogen-bond acceptors (Lipinski definition) is 5. The number of rotatable bonds is 3. The summed E-state index contributed by atoms with van der Waals surface area (Å²) in [6.45, 7) is 2.64. The first-order valence-electron chi connectivity index (χ1n) is 4.87. The molecule has 1 aromatic heterocycles. The van der Waals surface area contributed by atoms with Crippen LogP contribution in [-0.4, -0.2) is 35.3 Å². The van der Waals surface area contributed by atoms with Gasteiger partial charge in [-0.25, -0.2) is 4.79 Å². The Bertz CT molecular complexity index is 342. The van der Waals surface area contributed by atoms with Gasteiger partial charge in [0.1, 0.15) is 0 Å². The standard InChI is InChI=1S/C10H12N2O3/c1-2-14-10(13)9-7(6-15-9)8-5-11-3-4-12-8/h3-5,7,9H,2,6H2,1H3. The molecule has 0 radical (unpaired) electrons. The molecule has 2 unspecified atom stereocenters. The van der Waals surface area contributed by atoms with Crippen LogP contribution in [0.25, 0.3) is 0 Å². The summed E-state index contributed by atoms with van der Waals surface area (Å²) in [6, 6.07) is 0. The van der Waals surface area contributed by atoms with E-state index in [2.05, 4.69) is 9.97 Å². The first kappa shape index (κ1) is 10.0. The Balaban J connectivity index is 2.03. The predicted octanol–water partition coefficient (Wildman–Crippen LogP) is 0.522. The van der Waals surface area contributed by atoms with Gasteiger partial charge in [0.15, 0.2) is 6.10 Å². The van der Waals surface area contributed by atoms with Crippen molar-refractivity contribution in [1.82, 2.24) is 9.97 Å². The molecule has 0 saturated carbocycles. The Labute approximate surface area is 87.4 Å². The largest absolute Gasteiger partial charge is 0.464 e. The minimum Gasteiger partial charge on any atom is -0.464 e. The van der Waals surface area contributed by atoms with Crippen LogP contribution in [0.15, 0.2) is 18.6 Å². The molecule has 0 aromatic carbocycles. The fraction of sp³-hybridized carbons (Fsp3) is 0.500. The van der Waals surface area contributed by atoms with Gasteiger partial charge in [0, 0.05) is 18.6 Å². The van der Waals surface area contributed by atoms with E-state index in [9.17, 15) is 4.79 Å². The molecule has 5 nitrogen and oxygen atoms in total. The van der Waals surface area contributed by atoms with Crippen molar-refractivity contribution in [2.24, 2.45) is 0 Å². The van der Waals surface area contributed by atoms with Crippen LogP contribution in [-0.2, 0) is 14.3 Å². The van der Waals surface area contributed by atoms with Crippen LogP contribution in [0.4, 0.5) is 0 Å².